The highest BCUT2D eigenvalue weighted by Gasteiger charge is 2.35. The number of nitrogen functional groups attached to an aromatic ring is 1. The molecule has 3 heterocycles. The molecule has 1 saturated heterocycles. The third kappa shape index (κ3) is 2.90. The standard InChI is InChI=1S/C17H19N5O3/c1-10-7-12(23)16(25-10)22-14-13(21-17(22)18)15(20-9-19-14)24-8-11-5-3-2-4-6-11/h2-6,9-10,12,16,23H,7-8H2,1H3,(H2,18,21)/t10-,12-,16-/m1/s1. The van der Waals surface area contributed by atoms with Crippen LogP contribution in [0.2, 0.25) is 0 Å². The largest absolute Gasteiger partial charge is 0.471 e. The topological polar surface area (TPSA) is 108 Å². The second-order valence-corrected chi connectivity index (χ2v) is 6.11. The fourth-order valence-electron chi connectivity index (χ4n) is 3.06. The van der Waals surface area contributed by atoms with Crippen LogP contribution in [0.5, 0.6) is 5.88 Å². The summed E-state index contributed by atoms with van der Waals surface area (Å²) in [6, 6.07) is 9.77. The quantitative estimate of drug-likeness (QED) is 0.743. The monoisotopic (exact) mass is 341 g/mol. The first-order valence-corrected chi connectivity index (χ1v) is 8.12. The zero-order valence-electron chi connectivity index (χ0n) is 13.7. The number of nitrogens with zero attached hydrogens (tertiary/aromatic N) is 4. The van der Waals surface area contributed by atoms with Gasteiger partial charge in [-0.1, -0.05) is 30.3 Å². The normalized spacial score (nSPS) is 23.2. The molecule has 3 atom stereocenters. The smallest absolute Gasteiger partial charge is 0.245 e. The number of aromatic nitrogens is 4. The lowest BCUT2D eigenvalue weighted by atomic mass is 10.2. The van der Waals surface area contributed by atoms with Crippen molar-refractivity contribution in [3.8, 4) is 5.88 Å². The van der Waals surface area contributed by atoms with Gasteiger partial charge in [-0.2, -0.15) is 4.98 Å². The number of ether oxygens (including phenoxy) is 2. The zero-order chi connectivity index (χ0) is 17.4. The van der Waals surface area contributed by atoms with Crippen molar-refractivity contribution in [1.29, 1.82) is 0 Å². The molecule has 0 spiro atoms. The Labute approximate surface area is 144 Å². The third-order valence-corrected chi connectivity index (χ3v) is 4.22. The number of hydrogen-bond donors (Lipinski definition) is 2. The molecule has 0 radical (unpaired) electrons. The summed E-state index contributed by atoms with van der Waals surface area (Å²) in [5.74, 6) is 0.554. The number of imidazole rings is 1. The van der Waals surface area contributed by atoms with Gasteiger partial charge in [-0.15, -0.1) is 0 Å². The number of nitrogens with two attached hydrogens (primary N) is 1. The maximum absolute atomic E-state index is 10.2. The van der Waals surface area contributed by atoms with E-state index in [1.165, 1.54) is 6.33 Å². The molecule has 1 fully saturated rings. The first kappa shape index (κ1) is 15.8. The maximum atomic E-state index is 10.2. The maximum Gasteiger partial charge on any atom is 0.245 e. The van der Waals surface area contributed by atoms with Gasteiger partial charge in [0.15, 0.2) is 17.4 Å². The number of hydrogen-bond acceptors (Lipinski definition) is 7. The van der Waals surface area contributed by atoms with Crippen LogP contribution in [0.3, 0.4) is 0 Å². The van der Waals surface area contributed by atoms with E-state index in [0.717, 1.165) is 5.56 Å². The fourth-order valence-corrected chi connectivity index (χ4v) is 3.06. The fraction of sp³-hybridized carbons (Fsp3) is 0.353. The van der Waals surface area contributed by atoms with Gasteiger partial charge in [0.05, 0.1) is 6.10 Å². The second-order valence-electron chi connectivity index (χ2n) is 6.11. The van der Waals surface area contributed by atoms with E-state index in [0.29, 0.717) is 30.1 Å². The van der Waals surface area contributed by atoms with Gasteiger partial charge in [0, 0.05) is 6.42 Å². The first-order chi connectivity index (χ1) is 12.1. The van der Waals surface area contributed by atoms with Crippen LogP contribution in [0.1, 0.15) is 25.1 Å². The summed E-state index contributed by atoms with van der Waals surface area (Å²) in [5, 5.41) is 10.2. The number of anilines is 1. The number of fused-ring (bicyclic) bond motifs is 1. The molecule has 0 saturated carbocycles. The van der Waals surface area contributed by atoms with Crippen molar-refractivity contribution in [2.45, 2.75) is 38.4 Å². The van der Waals surface area contributed by atoms with Crippen molar-refractivity contribution in [3.05, 3.63) is 42.2 Å². The lowest BCUT2D eigenvalue weighted by Gasteiger charge is -2.17. The van der Waals surface area contributed by atoms with Crippen LogP contribution in [0.15, 0.2) is 36.7 Å². The van der Waals surface area contributed by atoms with Crippen LogP contribution in [-0.4, -0.2) is 36.8 Å². The van der Waals surface area contributed by atoms with E-state index in [-0.39, 0.29) is 12.1 Å². The Bertz CT molecular complexity index is 883. The Morgan fingerprint density at radius 2 is 2.12 bits per heavy atom. The van der Waals surface area contributed by atoms with E-state index in [1.807, 2.05) is 37.3 Å². The van der Waals surface area contributed by atoms with Gasteiger partial charge in [-0.3, -0.25) is 4.57 Å². The molecular weight excluding hydrogens is 322 g/mol. The highest BCUT2D eigenvalue weighted by Crippen LogP contribution is 2.34. The molecule has 25 heavy (non-hydrogen) atoms. The Hall–Kier alpha value is -2.71. The van der Waals surface area contributed by atoms with Gasteiger partial charge in [0.1, 0.15) is 19.0 Å². The zero-order valence-corrected chi connectivity index (χ0v) is 13.7. The Morgan fingerprint density at radius 3 is 2.84 bits per heavy atom. The summed E-state index contributed by atoms with van der Waals surface area (Å²) < 4.78 is 13.2. The van der Waals surface area contributed by atoms with Gasteiger partial charge in [0.2, 0.25) is 11.8 Å². The average Bonchev–Trinajstić information content (AvgIpc) is 3.11. The summed E-state index contributed by atoms with van der Waals surface area (Å²) in [4.78, 5) is 12.8. The van der Waals surface area contributed by atoms with Crippen molar-refractivity contribution in [1.82, 2.24) is 19.5 Å². The van der Waals surface area contributed by atoms with Crippen LogP contribution in [-0.2, 0) is 11.3 Å². The van der Waals surface area contributed by atoms with Gasteiger partial charge in [0.25, 0.3) is 0 Å². The molecule has 1 aliphatic heterocycles. The van der Waals surface area contributed by atoms with Gasteiger partial charge in [-0.05, 0) is 12.5 Å². The lowest BCUT2D eigenvalue weighted by Crippen LogP contribution is -2.21. The molecule has 8 nitrogen and oxygen atoms in total. The van der Waals surface area contributed by atoms with E-state index >= 15 is 0 Å². The number of benzene rings is 1. The first-order valence-electron chi connectivity index (χ1n) is 8.12. The molecule has 1 aromatic carbocycles. The molecule has 130 valence electrons. The van der Waals surface area contributed by atoms with Gasteiger partial charge in [-0.25, -0.2) is 9.97 Å². The minimum atomic E-state index is -0.668. The predicted octanol–water partition coefficient (Wildman–Crippen LogP) is 1.66. The van der Waals surface area contributed by atoms with E-state index in [2.05, 4.69) is 15.0 Å². The van der Waals surface area contributed by atoms with Crippen molar-refractivity contribution >= 4 is 17.1 Å². The molecule has 2 aromatic heterocycles. The molecule has 0 aliphatic carbocycles. The molecule has 4 rings (SSSR count). The second kappa shape index (κ2) is 6.30. The number of aliphatic hydroxyl groups excluding tert-OH is 1. The van der Waals surface area contributed by atoms with Crippen molar-refractivity contribution in [3.63, 3.8) is 0 Å². The minimum absolute atomic E-state index is 0.0625. The van der Waals surface area contributed by atoms with Crippen LogP contribution >= 0.6 is 0 Å². The molecule has 8 heteroatoms. The average molecular weight is 341 g/mol. The number of aliphatic hydroxyl groups is 1. The summed E-state index contributed by atoms with van der Waals surface area (Å²) >= 11 is 0. The molecule has 0 amide bonds. The molecule has 1 aliphatic rings. The van der Waals surface area contributed by atoms with Crippen LogP contribution in [0, 0.1) is 0 Å². The molecule has 3 N–H and O–H groups in total. The molecule has 3 aromatic rings. The summed E-state index contributed by atoms with van der Waals surface area (Å²) in [7, 11) is 0. The summed E-state index contributed by atoms with van der Waals surface area (Å²) in [5.41, 5.74) is 8.00. The van der Waals surface area contributed by atoms with Crippen molar-refractivity contribution < 1.29 is 14.6 Å². The van der Waals surface area contributed by atoms with Crippen molar-refractivity contribution in [2.75, 3.05) is 5.73 Å². The Kier molecular flexibility index (Phi) is 3.98. The highest BCUT2D eigenvalue weighted by molar-refractivity contribution is 5.79. The Morgan fingerprint density at radius 1 is 1.32 bits per heavy atom. The van der Waals surface area contributed by atoms with E-state index in [4.69, 9.17) is 15.2 Å². The number of rotatable bonds is 4. The van der Waals surface area contributed by atoms with Crippen LogP contribution in [0.4, 0.5) is 5.95 Å². The van der Waals surface area contributed by atoms with Gasteiger partial charge < -0.3 is 20.3 Å². The summed E-state index contributed by atoms with van der Waals surface area (Å²) in [6.45, 7) is 2.27. The van der Waals surface area contributed by atoms with Crippen molar-refractivity contribution in [2.24, 2.45) is 0 Å². The predicted molar refractivity (Wildman–Crippen MR) is 90.7 cm³/mol. The van der Waals surface area contributed by atoms with E-state index in [1.54, 1.807) is 4.57 Å². The Balaban J connectivity index is 1.67. The summed E-state index contributed by atoms with van der Waals surface area (Å²) in [6.07, 6.45) is 0.583. The molecule has 0 bridgehead atoms. The van der Waals surface area contributed by atoms with Crippen LogP contribution < -0.4 is 10.5 Å². The van der Waals surface area contributed by atoms with Gasteiger partial charge >= 0.3 is 0 Å². The lowest BCUT2D eigenvalue weighted by molar-refractivity contribution is -0.0284. The highest BCUT2D eigenvalue weighted by atomic mass is 16.5. The van der Waals surface area contributed by atoms with Crippen LogP contribution in [0.25, 0.3) is 11.2 Å². The molecular formula is C17H19N5O3. The van der Waals surface area contributed by atoms with E-state index < -0.39 is 12.3 Å². The molecule has 0 unspecified atom stereocenters. The third-order valence-electron chi connectivity index (χ3n) is 4.22. The minimum Gasteiger partial charge on any atom is -0.471 e. The SMILES string of the molecule is C[C@@H]1C[C@@H](O)[C@H](n2c(N)nc3c(OCc4ccccc4)ncnc32)O1. The van der Waals surface area contributed by atoms with E-state index in [9.17, 15) is 5.11 Å².